The van der Waals surface area contributed by atoms with Gasteiger partial charge in [0.25, 0.3) is 5.69 Å². The molecule has 8 nitrogen and oxygen atoms in total. The lowest BCUT2D eigenvalue weighted by Crippen LogP contribution is -2.28. The molecule has 9 heteroatoms. The molecular formula is C16H15N2O6S-. The number of amides is 1. The summed E-state index contributed by atoms with van der Waals surface area (Å²) in [5, 5.41) is 24.4. The minimum atomic E-state index is -1.44. The van der Waals surface area contributed by atoms with Gasteiger partial charge in [0.05, 0.1) is 21.5 Å². The van der Waals surface area contributed by atoms with E-state index in [0.29, 0.717) is 10.4 Å². The zero-order valence-corrected chi connectivity index (χ0v) is 14.5. The van der Waals surface area contributed by atoms with Gasteiger partial charge in [0.15, 0.2) is 0 Å². The summed E-state index contributed by atoms with van der Waals surface area (Å²) in [5.74, 6) is -1.44. The van der Waals surface area contributed by atoms with Crippen LogP contribution in [0.4, 0.5) is 16.2 Å². The van der Waals surface area contributed by atoms with Crippen LogP contribution < -0.4 is 10.4 Å². The standard InChI is InChI=1S/C16H16N2O6S/c1-16(2,3)24-15(21)17-11-8-12(25-13(11)14(19)20)9-4-6-10(7-5-9)18(22)23/h4-8H,1-3H3,(H,17,21)(H,19,20)/p-1. The Morgan fingerprint density at radius 3 is 2.28 bits per heavy atom. The number of thiophene rings is 1. The van der Waals surface area contributed by atoms with E-state index >= 15 is 0 Å². The molecule has 0 atom stereocenters. The predicted octanol–water partition coefficient (Wildman–Crippen LogP) is 3.03. The van der Waals surface area contributed by atoms with E-state index in [0.717, 1.165) is 11.3 Å². The van der Waals surface area contributed by atoms with E-state index in [4.69, 9.17) is 4.74 Å². The van der Waals surface area contributed by atoms with Crippen molar-refractivity contribution in [1.82, 2.24) is 0 Å². The number of nitrogens with zero attached hydrogens (tertiary/aromatic N) is 1. The number of hydrogen-bond donors (Lipinski definition) is 1. The molecule has 0 unspecified atom stereocenters. The highest BCUT2D eigenvalue weighted by atomic mass is 32.1. The minimum absolute atomic E-state index is 0.0487. The first-order valence-corrected chi connectivity index (χ1v) is 7.98. The van der Waals surface area contributed by atoms with Crippen LogP contribution in [0.1, 0.15) is 30.4 Å². The third-order valence-corrected chi connectivity index (χ3v) is 4.08. The van der Waals surface area contributed by atoms with E-state index < -0.39 is 22.6 Å². The molecule has 0 aliphatic rings. The maximum atomic E-state index is 11.9. The Morgan fingerprint density at radius 1 is 1.20 bits per heavy atom. The van der Waals surface area contributed by atoms with E-state index in [1.165, 1.54) is 30.3 Å². The van der Waals surface area contributed by atoms with Crippen molar-refractivity contribution in [2.24, 2.45) is 0 Å². The number of non-ortho nitro benzene ring substituents is 1. The molecule has 0 bridgehead atoms. The fraction of sp³-hybridized carbons (Fsp3) is 0.250. The number of aromatic carboxylic acids is 1. The molecule has 0 radical (unpaired) electrons. The van der Waals surface area contributed by atoms with Crippen LogP contribution in [-0.2, 0) is 4.74 Å². The smallest absolute Gasteiger partial charge is 0.412 e. The van der Waals surface area contributed by atoms with Gasteiger partial charge < -0.3 is 14.6 Å². The number of nitro groups is 1. The summed E-state index contributed by atoms with van der Waals surface area (Å²) in [6.07, 6.45) is -0.789. The number of carboxylic acids is 1. The van der Waals surface area contributed by atoms with Crippen LogP contribution in [-0.4, -0.2) is 22.6 Å². The molecule has 0 aliphatic heterocycles. The van der Waals surface area contributed by atoms with Gasteiger partial charge in [-0.25, -0.2) is 4.79 Å². The van der Waals surface area contributed by atoms with Crippen molar-refractivity contribution < 1.29 is 24.4 Å². The van der Waals surface area contributed by atoms with Crippen molar-refractivity contribution in [3.8, 4) is 10.4 Å². The number of ether oxygens (including phenoxy) is 1. The first-order valence-electron chi connectivity index (χ1n) is 7.17. The molecule has 2 rings (SSSR count). The molecule has 1 aromatic carbocycles. The third kappa shape index (κ3) is 4.77. The van der Waals surface area contributed by atoms with Gasteiger partial charge in [-0.2, -0.15) is 0 Å². The van der Waals surface area contributed by atoms with Gasteiger partial charge >= 0.3 is 6.09 Å². The quantitative estimate of drug-likeness (QED) is 0.658. The molecule has 1 N–H and O–H groups in total. The highest BCUT2D eigenvalue weighted by Crippen LogP contribution is 2.35. The van der Waals surface area contributed by atoms with Crippen molar-refractivity contribution in [3.05, 3.63) is 45.3 Å². The Kier molecular flexibility index (Phi) is 5.07. The van der Waals surface area contributed by atoms with Gasteiger partial charge in [-0.05, 0) is 44.5 Å². The maximum Gasteiger partial charge on any atom is 0.412 e. The van der Waals surface area contributed by atoms with E-state index in [9.17, 15) is 24.8 Å². The van der Waals surface area contributed by atoms with Crippen molar-refractivity contribution >= 4 is 34.8 Å². The molecular weight excluding hydrogens is 348 g/mol. The van der Waals surface area contributed by atoms with Gasteiger partial charge in [0, 0.05) is 17.0 Å². The Balaban J connectivity index is 2.31. The number of anilines is 1. The van der Waals surface area contributed by atoms with E-state index in [1.54, 1.807) is 20.8 Å². The zero-order chi connectivity index (χ0) is 18.8. The highest BCUT2D eigenvalue weighted by molar-refractivity contribution is 7.18. The lowest BCUT2D eigenvalue weighted by atomic mass is 10.1. The highest BCUT2D eigenvalue weighted by Gasteiger charge is 2.19. The van der Waals surface area contributed by atoms with Crippen LogP contribution in [0.5, 0.6) is 0 Å². The average molecular weight is 363 g/mol. The van der Waals surface area contributed by atoms with Gasteiger partial charge in [-0.15, -0.1) is 11.3 Å². The number of carboxylic acid groups (broad SMARTS) is 1. The first-order chi connectivity index (χ1) is 11.6. The van der Waals surface area contributed by atoms with Crippen LogP contribution in [0.2, 0.25) is 0 Å². The second kappa shape index (κ2) is 6.89. The maximum absolute atomic E-state index is 11.9. The van der Waals surface area contributed by atoms with Crippen molar-refractivity contribution in [1.29, 1.82) is 0 Å². The zero-order valence-electron chi connectivity index (χ0n) is 13.7. The largest absolute Gasteiger partial charge is 0.544 e. The molecule has 0 saturated carbocycles. The van der Waals surface area contributed by atoms with Crippen molar-refractivity contribution in [3.63, 3.8) is 0 Å². The molecule has 2 aromatic rings. The summed E-state index contributed by atoms with van der Waals surface area (Å²) in [7, 11) is 0. The number of nitro benzene ring substituents is 1. The fourth-order valence-corrected chi connectivity index (χ4v) is 2.89. The van der Waals surface area contributed by atoms with Crippen LogP contribution in [0, 0.1) is 10.1 Å². The lowest BCUT2D eigenvalue weighted by Gasteiger charge is -2.19. The molecule has 132 valence electrons. The number of benzene rings is 1. The SMILES string of the molecule is CC(C)(C)OC(=O)Nc1cc(-c2ccc([N+](=O)[O-])cc2)sc1C(=O)[O-]. The summed E-state index contributed by atoms with van der Waals surface area (Å²) in [5.41, 5.74) is -0.182. The van der Waals surface area contributed by atoms with Crippen LogP contribution in [0.15, 0.2) is 30.3 Å². The van der Waals surface area contributed by atoms with Crippen molar-refractivity contribution in [2.75, 3.05) is 5.32 Å². The van der Waals surface area contributed by atoms with E-state index in [1.807, 2.05) is 0 Å². The summed E-state index contributed by atoms with van der Waals surface area (Å²) in [6.45, 7) is 5.05. The second-order valence-corrected chi connectivity index (χ2v) is 7.12. The molecule has 1 amide bonds. The summed E-state index contributed by atoms with van der Waals surface area (Å²) >= 11 is 0.893. The fourth-order valence-electron chi connectivity index (χ4n) is 1.94. The summed E-state index contributed by atoms with van der Waals surface area (Å²) in [6, 6.07) is 7.09. The second-order valence-electron chi connectivity index (χ2n) is 6.07. The monoisotopic (exact) mass is 363 g/mol. The van der Waals surface area contributed by atoms with Crippen LogP contribution in [0.25, 0.3) is 10.4 Å². The molecule has 1 heterocycles. The van der Waals surface area contributed by atoms with Crippen LogP contribution >= 0.6 is 11.3 Å². The topological polar surface area (TPSA) is 122 Å². The normalized spacial score (nSPS) is 11.0. The third-order valence-electron chi connectivity index (χ3n) is 2.92. The van der Waals surface area contributed by atoms with Crippen molar-refractivity contribution in [2.45, 2.75) is 26.4 Å². The van der Waals surface area contributed by atoms with Gasteiger partial charge in [-0.1, -0.05) is 0 Å². The predicted molar refractivity (Wildman–Crippen MR) is 90.6 cm³/mol. The first kappa shape index (κ1) is 18.4. The van der Waals surface area contributed by atoms with Gasteiger partial charge in [-0.3, -0.25) is 15.4 Å². The Labute approximate surface area is 147 Å². The van der Waals surface area contributed by atoms with E-state index in [2.05, 4.69) is 5.32 Å². The molecule has 0 spiro atoms. The summed E-state index contributed by atoms with van der Waals surface area (Å²) < 4.78 is 5.10. The molecule has 0 fully saturated rings. The number of rotatable bonds is 4. The van der Waals surface area contributed by atoms with Gasteiger partial charge in [0.1, 0.15) is 5.60 Å². The number of hydrogen-bond acceptors (Lipinski definition) is 7. The molecule has 0 saturated heterocycles. The number of nitrogens with one attached hydrogen (secondary N) is 1. The Bertz CT molecular complexity index is 820. The molecule has 0 aliphatic carbocycles. The lowest BCUT2D eigenvalue weighted by molar-refractivity contribution is -0.384. The van der Waals surface area contributed by atoms with Gasteiger partial charge in [0.2, 0.25) is 0 Å². The molecule has 1 aromatic heterocycles. The number of carbonyl (C=O) groups excluding carboxylic acids is 2. The molecule has 25 heavy (non-hydrogen) atoms. The minimum Gasteiger partial charge on any atom is -0.544 e. The van der Waals surface area contributed by atoms with Crippen LogP contribution in [0.3, 0.4) is 0 Å². The average Bonchev–Trinajstić information content (AvgIpc) is 2.89. The Hall–Kier alpha value is -2.94. The number of carbonyl (C=O) groups is 2. The van der Waals surface area contributed by atoms with E-state index in [-0.39, 0.29) is 16.3 Å². The summed E-state index contributed by atoms with van der Waals surface area (Å²) in [4.78, 5) is 33.7. The Morgan fingerprint density at radius 2 is 1.80 bits per heavy atom.